The normalized spacial score (nSPS) is 11.0. The first-order valence-corrected chi connectivity index (χ1v) is 9.63. The molecule has 4 rings (SSSR count). The maximum absolute atomic E-state index is 13.5. The molecule has 1 aromatic heterocycles. The monoisotopic (exact) mass is 383 g/mol. The largest absolute Gasteiger partial charge is 0.422 e. The smallest absolute Gasteiger partial charge is 0.349 e. The van der Waals surface area contributed by atoms with Gasteiger partial charge in [-0.1, -0.05) is 78.9 Å². The number of rotatable bonds is 5. The van der Waals surface area contributed by atoms with Gasteiger partial charge in [-0.15, -0.1) is 0 Å². The van der Waals surface area contributed by atoms with Crippen molar-refractivity contribution < 1.29 is 9.21 Å². The van der Waals surface area contributed by atoms with Crippen molar-refractivity contribution in [2.24, 2.45) is 0 Å². The van der Waals surface area contributed by atoms with Crippen molar-refractivity contribution in [2.75, 3.05) is 6.54 Å². The van der Waals surface area contributed by atoms with E-state index in [1.165, 1.54) is 0 Å². The molecule has 0 aliphatic rings. The summed E-state index contributed by atoms with van der Waals surface area (Å²) >= 11 is 0. The van der Waals surface area contributed by atoms with Crippen molar-refractivity contribution in [3.63, 3.8) is 0 Å². The van der Waals surface area contributed by atoms with Crippen LogP contribution in [0, 0.1) is 0 Å². The average Bonchev–Trinajstić information content (AvgIpc) is 2.77. The molecule has 0 fully saturated rings. The lowest BCUT2D eigenvalue weighted by molar-refractivity contribution is 0.0713. The van der Waals surface area contributed by atoms with Gasteiger partial charge in [0, 0.05) is 11.9 Å². The molecule has 0 aliphatic carbocycles. The number of nitrogens with zero attached hydrogens (tertiary/aromatic N) is 1. The Bertz CT molecular complexity index is 1140. The summed E-state index contributed by atoms with van der Waals surface area (Å²) in [5.41, 5.74) is 1.87. The zero-order valence-electron chi connectivity index (χ0n) is 16.1. The van der Waals surface area contributed by atoms with Crippen LogP contribution in [0.5, 0.6) is 0 Å². The molecule has 4 heteroatoms. The van der Waals surface area contributed by atoms with Crippen LogP contribution in [0.2, 0.25) is 0 Å². The zero-order chi connectivity index (χ0) is 20.2. The van der Waals surface area contributed by atoms with Crippen LogP contribution in [0.15, 0.2) is 100 Å². The second-order valence-electron chi connectivity index (χ2n) is 6.80. The van der Waals surface area contributed by atoms with Crippen molar-refractivity contribution in [1.29, 1.82) is 0 Å². The van der Waals surface area contributed by atoms with Gasteiger partial charge in [0.2, 0.25) is 0 Å². The van der Waals surface area contributed by atoms with Gasteiger partial charge < -0.3 is 9.32 Å². The molecule has 3 aromatic carbocycles. The first kappa shape index (κ1) is 18.7. The highest BCUT2D eigenvalue weighted by molar-refractivity contribution is 5.97. The summed E-state index contributed by atoms with van der Waals surface area (Å²) in [5.74, 6) is -0.343. The second kappa shape index (κ2) is 8.15. The lowest BCUT2D eigenvalue weighted by Crippen LogP contribution is -2.37. The molecule has 0 N–H and O–H groups in total. The number of fused-ring (bicyclic) bond motifs is 1. The number of amides is 1. The summed E-state index contributed by atoms with van der Waals surface area (Å²) in [4.78, 5) is 27.8. The Hall–Kier alpha value is -3.66. The van der Waals surface area contributed by atoms with Crippen LogP contribution >= 0.6 is 0 Å². The summed E-state index contributed by atoms with van der Waals surface area (Å²) in [5, 5.41) is 0.725. The molecular weight excluding hydrogens is 362 g/mol. The molecule has 0 saturated heterocycles. The Labute approximate surface area is 169 Å². The molecule has 0 spiro atoms. The molecule has 144 valence electrons. The van der Waals surface area contributed by atoms with Gasteiger partial charge >= 0.3 is 5.63 Å². The van der Waals surface area contributed by atoms with Gasteiger partial charge in [-0.05, 0) is 30.2 Å². The molecule has 0 radical (unpaired) electrons. The molecule has 0 bridgehead atoms. The van der Waals surface area contributed by atoms with E-state index in [4.69, 9.17) is 4.42 Å². The Morgan fingerprint density at radius 1 is 0.862 bits per heavy atom. The molecule has 0 aliphatic heterocycles. The Balaban J connectivity index is 1.83. The van der Waals surface area contributed by atoms with Gasteiger partial charge in [-0.25, -0.2) is 4.79 Å². The van der Waals surface area contributed by atoms with Gasteiger partial charge in [0.25, 0.3) is 5.91 Å². The number of para-hydroxylation sites is 1. The third-order valence-corrected chi connectivity index (χ3v) is 5.02. The number of hydrogen-bond acceptors (Lipinski definition) is 3. The summed E-state index contributed by atoms with van der Waals surface area (Å²) < 4.78 is 5.40. The maximum Gasteiger partial charge on any atom is 0.349 e. The standard InChI is InChI=1S/C25H21NO3/c1-2-26(23(18-11-5-3-6-12-18)19-13-7-4-8-14-19)24(27)21-17-20-15-9-10-16-22(20)29-25(21)28/h3-17,23H,2H2,1H3. The van der Waals surface area contributed by atoms with Gasteiger partial charge in [0.1, 0.15) is 11.1 Å². The quantitative estimate of drug-likeness (QED) is 0.454. The highest BCUT2D eigenvalue weighted by atomic mass is 16.4. The first-order chi connectivity index (χ1) is 14.2. The fourth-order valence-electron chi connectivity index (χ4n) is 3.63. The molecular formula is C25H21NO3. The van der Waals surface area contributed by atoms with Crippen molar-refractivity contribution in [3.8, 4) is 0 Å². The van der Waals surface area contributed by atoms with Crippen LogP contribution in [0.25, 0.3) is 11.0 Å². The summed E-state index contributed by atoms with van der Waals surface area (Å²) in [6, 6.07) is 28.2. The SMILES string of the molecule is CCN(C(=O)c1cc2ccccc2oc1=O)C(c1ccccc1)c1ccccc1. The first-order valence-electron chi connectivity index (χ1n) is 9.63. The van der Waals surface area contributed by atoms with Gasteiger partial charge in [-0.3, -0.25) is 4.79 Å². The molecule has 4 aromatic rings. The van der Waals surface area contributed by atoms with Crippen LogP contribution < -0.4 is 5.63 Å². The van der Waals surface area contributed by atoms with E-state index >= 15 is 0 Å². The van der Waals surface area contributed by atoms with Crippen molar-refractivity contribution in [3.05, 3.63) is 118 Å². The molecule has 1 heterocycles. The minimum Gasteiger partial charge on any atom is -0.422 e. The number of carbonyl (C=O) groups is 1. The lowest BCUT2D eigenvalue weighted by Gasteiger charge is -2.31. The van der Waals surface area contributed by atoms with E-state index in [9.17, 15) is 9.59 Å². The maximum atomic E-state index is 13.5. The van der Waals surface area contributed by atoms with Crippen molar-refractivity contribution in [1.82, 2.24) is 4.90 Å². The summed E-state index contributed by atoms with van der Waals surface area (Å²) in [6.07, 6.45) is 0. The summed E-state index contributed by atoms with van der Waals surface area (Å²) in [7, 11) is 0. The number of benzene rings is 3. The van der Waals surface area contributed by atoms with Gasteiger partial charge in [0.05, 0.1) is 6.04 Å². The minimum atomic E-state index is -0.618. The summed E-state index contributed by atoms with van der Waals surface area (Å²) in [6.45, 7) is 2.36. The van der Waals surface area contributed by atoms with Gasteiger partial charge in [-0.2, -0.15) is 0 Å². The van der Waals surface area contributed by atoms with Crippen LogP contribution in [0.4, 0.5) is 0 Å². The molecule has 1 amide bonds. The third kappa shape index (κ3) is 3.69. The van der Waals surface area contributed by atoms with Gasteiger partial charge in [0.15, 0.2) is 0 Å². The van der Waals surface area contributed by atoms with Crippen LogP contribution in [-0.2, 0) is 0 Å². The van der Waals surface area contributed by atoms with E-state index in [0.29, 0.717) is 12.1 Å². The molecule has 0 unspecified atom stereocenters. The molecule has 29 heavy (non-hydrogen) atoms. The Morgan fingerprint density at radius 3 is 2.00 bits per heavy atom. The fraction of sp³-hybridized carbons (Fsp3) is 0.120. The van der Waals surface area contributed by atoms with Crippen molar-refractivity contribution in [2.45, 2.75) is 13.0 Å². The Morgan fingerprint density at radius 2 is 1.41 bits per heavy atom. The van der Waals surface area contributed by atoms with E-state index in [2.05, 4.69) is 0 Å². The Kier molecular flexibility index (Phi) is 5.25. The van der Waals surface area contributed by atoms with E-state index in [-0.39, 0.29) is 17.5 Å². The van der Waals surface area contributed by atoms with Crippen LogP contribution in [0.3, 0.4) is 0 Å². The van der Waals surface area contributed by atoms with Crippen molar-refractivity contribution >= 4 is 16.9 Å². The molecule has 0 atom stereocenters. The highest BCUT2D eigenvalue weighted by Gasteiger charge is 2.28. The fourth-order valence-corrected chi connectivity index (χ4v) is 3.63. The average molecular weight is 383 g/mol. The predicted molar refractivity (Wildman–Crippen MR) is 114 cm³/mol. The second-order valence-corrected chi connectivity index (χ2v) is 6.80. The molecule has 0 saturated carbocycles. The van der Waals surface area contributed by atoms with E-state index in [0.717, 1.165) is 16.5 Å². The lowest BCUT2D eigenvalue weighted by atomic mass is 9.96. The minimum absolute atomic E-state index is 0.0439. The van der Waals surface area contributed by atoms with E-state index < -0.39 is 5.63 Å². The topological polar surface area (TPSA) is 50.5 Å². The third-order valence-electron chi connectivity index (χ3n) is 5.02. The predicted octanol–water partition coefficient (Wildman–Crippen LogP) is 5.04. The van der Waals surface area contributed by atoms with E-state index in [1.807, 2.05) is 79.7 Å². The van der Waals surface area contributed by atoms with Crippen LogP contribution in [0.1, 0.15) is 34.5 Å². The highest BCUT2D eigenvalue weighted by Crippen LogP contribution is 2.29. The zero-order valence-corrected chi connectivity index (χ0v) is 16.1. The number of carbonyl (C=O) groups excluding carboxylic acids is 1. The molecule has 4 nitrogen and oxygen atoms in total. The van der Waals surface area contributed by atoms with E-state index in [1.54, 1.807) is 23.1 Å². The van der Waals surface area contributed by atoms with Crippen LogP contribution in [-0.4, -0.2) is 17.4 Å². The number of hydrogen-bond donors (Lipinski definition) is 0.